The van der Waals surface area contributed by atoms with Crippen molar-refractivity contribution in [2.24, 2.45) is 52.3 Å². The van der Waals surface area contributed by atoms with Crippen molar-refractivity contribution in [3.63, 3.8) is 0 Å². The maximum absolute atomic E-state index is 12.9. The van der Waals surface area contributed by atoms with Gasteiger partial charge in [0, 0.05) is 12.8 Å². The first kappa shape index (κ1) is 45.6. The summed E-state index contributed by atoms with van der Waals surface area (Å²) in [4.78, 5) is 12.9. The minimum Gasteiger partial charge on any atom is -0.462 e. The standard InChI is InChI=1S/C53H86O2/c1-8-10-11-12-13-14-15-16-17-18-19-20-21-22-23-24-25-26-27-28-29-30-51(54)55-46-37-39-52(6)45(41-46)33-34-47-49-36-35-48(53(49,7)40-38-50(47)52)43(5)31-32-44(9-2)42(3)4/h10-11,13-14,16-17,19-20,22-23,33,42-44,46-50H,8-9,12,15,18,21,24-32,34-41H2,1-7H3/b11-10-,14-13-,17-16-,20-19-,23-22-. The number of hydrogen-bond donors (Lipinski definition) is 0. The van der Waals surface area contributed by atoms with Gasteiger partial charge in [-0.15, -0.1) is 0 Å². The minimum atomic E-state index is 0.0415. The summed E-state index contributed by atoms with van der Waals surface area (Å²) in [7, 11) is 0. The summed E-state index contributed by atoms with van der Waals surface area (Å²) in [6.07, 6.45) is 52.5. The van der Waals surface area contributed by atoms with Gasteiger partial charge in [0.15, 0.2) is 0 Å². The van der Waals surface area contributed by atoms with Gasteiger partial charge in [0.2, 0.25) is 0 Å². The van der Waals surface area contributed by atoms with E-state index in [-0.39, 0.29) is 12.1 Å². The van der Waals surface area contributed by atoms with E-state index < -0.39 is 0 Å². The first-order valence-electron chi connectivity index (χ1n) is 23.8. The molecule has 0 aromatic heterocycles. The highest BCUT2D eigenvalue weighted by Crippen LogP contribution is 2.67. The molecule has 0 N–H and O–H groups in total. The normalized spacial score (nSPS) is 30.8. The lowest BCUT2D eigenvalue weighted by Crippen LogP contribution is -2.51. The number of rotatable bonds is 24. The molecule has 4 rings (SSSR count). The van der Waals surface area contributed by atoms with Crippen LogP contribution in [0.3, 0.4) is 0 Å². The maximum Gasteiger partial charge on any atom is 0.306 e. The van der Waals surface area contributed by atoms with Crippen LogP contribution in [-0.4, -0.2) is 12.1 Å². The summed E-state index contributed by atoms with van der Waals surface area (Å²) in [5, 5.41) is 0. The Hall–Kier alpha value is -2.09. The van der Waals surface area contributed by atoms with E-state index in [1.54, 1.807) is 5.57 Å². The Labute approximate surface area is 341 Å². The minimum absolute atomic E-state index is 0.0415. The second kappa shape index (κ2) is 24.0. The molecule has 0 amide bonds. The van der Waals surface area contributed by atoms with Crippen LogP contribution < -0.4 is 0 Å². The quantitative estimate of drug-likeness (QED) is 0.0557. The second-order valence-corrected chi connectivity index (χ2v) is 19.3. The molecule has 4 aliphatic rings. The molecule has 0 saturated heterocycles. The molecule has 2 nitrogen and oxygen atoms in total. The first-order chi connectivity index (χ1) is 26.6. The summed E-state index contributed by atoms with van der Waals surface area (Å²) in [6.45, 7) is 17.3. The number of unbranched alkanes of at least 4 members (excludes halogenated alkanes) is 5. The van der Waals surface area contributed by atoms with Crippen molar-refractivity contribution in [3.8, 4) is 0 Å². The average Bonchev–Trinajstić information content (AvgIpc) is 3.53. The predicted molar refractivity (Wildman–Crippen MR) is 239 cm³/mol. The summed E-state index contributed by atoms with van der Waals surface area (Å²) in [5.74, 6) is 6.09. The Kier molecular flexibility index (Phi) is 19.9. The molecule has 9 unspecified atom stereocenters. The van der Waals surface area contributed by atoms with Crippen LogP contribution in [0.5, 0.6) is 0 Å². The van der Waals surface area contributed by atoms with Gasteiger partial charge in [-0.05, 0) is 155 Å². The Morgan fingerprint density at radius 2 is 1.38 bits per heavy atom. The van der Waals surface area contributed by atoms with Crippen LogP contribution in [0.4, 0.5) is 0 Å². The molecule has 4 aliphatic carbocycles. The second-order valence-electron chi connectivity index (χ2n) is 19.3. The average molecular weight is 755 g/mol. The van der Waals surface area contributed by atoms with Gasteiger partial charge in [0.1, 0.15) is 6.10 Å². The van der Waals surface area contributed by atoms with E-state index in [0.29, 0.717) is 17.3 Å². The van der Waals surface area contributed by atoms with Crippen LogP contribution in [0.25, 0.3) is 0 Å². The third-order valence-electron chi connectivity index (χ3n) is 15.5. The molecular formula is C53H86O2. The molecule has 0 heterocycles. The van der Waals surface area contributed by atoms with E-state index in [1.807, 2.05) is 0 Å². The van der Waals surface area contributed by atoms with E-state index in [0.717, 1.165) is 106 Å². The highest BCUT2D eigenvalue weighted by Gasteiger charge is 2.59. The van der Waals surface area contributed by atoms with Gasteiger partial charge < -0.3 is 4.74 Å². The summed E-state index contributed by atoms with van der Waals surface area (Å²) in [5.41, 5.74) is 2.48. The lowest BCUT2D eigenvalue weighted by atomic mass is 9.47. The van der Waals surface area contributed by atoms with E-state index in [9.17, 15) is 4.79 Å². The fourth-order valence-corrected chi connectivity index (χ4v) is 12.1. The Morgan fingerprint density at radius 1 is 0.745 bits per heavy atom. The van der Waals surface area contributed by atoms with E-state index in [2.05, 4.69) is 115 Å². The van der Waals surface area contributed by atoms with Crippen LogP contribution in [0.2, 0.25) is 0 Å². The Morgan fingerprint density at radius 3 is 2.04 bits per heavy atom. The summed E-state index contributed by atoms with van der Waals surface area (Å²) < 4.78 is 6.15. The van der Waals surface area contributed by atoms with Gasteiger partial charge in [-0.3, -0.25) is 4.79 Å². The zero-order chi connectivity index (χ0) is 39.5. The fourth-order valence-electron chi connectivity index (χ4n) is 12.1. The van der Waals surface area contributed by atoms with Crippen molar-refractivity contribution < 1.29 is 9.53 Å². The van der Waals surface area contributed by atoms with Crippen molar-refractivity contribution in [3.05, 3.63) is 72.4 Å². The molecule has 3 fully saturated rings. The molecule has 3 saturated carbocycles. The van der Waals surface area contributed by atoms with Gasteiger partial charge in [-0.1, -0.05) is 153 Å². The number of carbonyl (C=O) groups is 1. The molecule has 9 atom stereocenters. The number of allylic oxidation sites excluding steroid dienone is 11. The Balaban J connectivity index is 1.07. The SMILES string of the molecule is CC/C=C\C/C=C\C/C=C\C/C=C\C/C=C\CCCCCCCC(=O)OC1CCC2(C)C(=CCC3C2CCC2(C)C(C(C)CCC(CC)C(C)C)CCC32)C1. The van der Waals surface area contributed by atoms with Crippen molar-refractivity contribution in [2.45, 2.75) is 202 Å². The smallest absolute Gasteiger partial charge is 0.306 e. The molecule has 0 aromatic rings. The van der Waals surface area contributed by atoms with E-state index in [1.165, 1.54) is 77.0 Å². The molecule has 55 heavy (non-hydrogen) atoms. The number of ether oxygens (including phenoxy) is 1. The van der Waals surface area contributed by atoms with E-state index in [4.69, 9.17) is 4.74 Å². The predicted octanol–water partition coefficient (Wildman–Crippen LogP) is 16.1. The number of carbonyl (C=O) groups excluding carboxylic acids is 1. The van der Waals surface area contributed by atoms with Gasteiger partial charge in [-0.25, -0.2) is 0 Å². The van der Waals surface area contributed by atoms with Crippen molar-refractivity contribution in [1.82, 2.24) is 0 Å². The lowest BCUT2D eigenvalue weighted by Gasteiger charge is -2.58. The van der Waals surface area contributed by atoms with Crippen molar-refractivity contribution in [1.29, 1.82) is 0 Å². The lowest BCUT2D eigenvalue weighted by molar-refractivity contribution is -0.151. The molecule has 2 heteroatoms. The van der Waals surface area contributed by atoms with E-state index >= 15 is 0 Å². The molecule has 0 spiro atoms. The highest BCUT2D eigenvalue weighted by atomic mass is 16.5. The monoisotopic (exact) mass is 755 g/mol. The molecule has 0 aromatic carbocycles. The topological polar surface area (TPSA) is 26.3 Å². The van der Waals surface area contributed by atoms with Crippen molar-refractivity contribution >= 4 is 5.97 Å². The molecular weight excluding hydrogens is 669 g/mol. The maximum atomic E-state index is 12.9. The van der Waals surface area contributed by atoms with Gasteiger partial charge in [0.05, 0.1) is 0 Å². The third kappa shape index (κ3) is 13.5. The number of hydrogen-bond acceptors (Lipinski definition) is 2. The number of fused-ring (bicyclic) bond motifs is 5. The molecule has 0 aliphatic heterocycles. The largest absolute Gasteiger partial charge is 0.462 e. The summed E-state index contributed by atoms with van der Waals surface area (Å²) in [6, 6.07) is 0. The van der Waals surface area contributed by atoms with Gasteiger partial charge >= 0.3 is 5.97 Å². The highest BCUT2D eigenvalue weighted by molar-refractivity contribution is 5.69. The number of esters is 1. The zero-order valence-corrected chi connectivity index (χ0v) is 37.0. The molecule has 0 bridgehead atoms. The molecule has 0 radical (unpaired) electrons. The van der Waals surface area contributed by atoms with Crippen molar-refractivity contribution in [2.75, 3.05) is 0 Å². The van der Waals surface area contributed by atoms with Gasteiger partial charge in [0.25, 0.3) is 0 Å². The summed E-state index contributed by atoms with van der Waals surface area (Å²) >= 11 is 0. The fraction of sp³-hybridized carbons (Fsp3) is 0.755. The third-order valence-corrected chi connectivity index (χ3v) is 15.5. The van der Waals surface area contributed by atoms with Crippen LogP contribution in [0, 0.1) is 52.3 Å². The van der Waals surface area contributed by atoms with Crippen LogP contribution >= 0.6 is 0 Å². The van der Waals surface area contributed by atoms with Crippen LogP contribution in [0.1, 0.15) is 196 Å². The first-order valence-corrected chi connectivity index (χ1v) is 23.8. The molecule has 310 valence electrons. The van der Waals surface area contributed by atoms with Gasteiger partial charge in [-0.2, -0.15) is 0 Å². The van der Waals surface area contributed by atoms with Crippen LogP contribution in [0.15, 0.2) is 72.4 Å². The van der Waals surface area contributed by atoms with Crippen LogP contribution in [-0.2, 0) is 9.53 Å². The Bertz CT molecular complexity index is 1290. The zero-order valence-electron chi connectivity index (χ0n) is 37.0.